The van der Waals surface area contributed by atoms with Crippen molar-refractivity contribution in [1.29, 1.82) is 0 Å². The fraction of sp³-hybridized carbons (Fsp3) is 0.278. The van der Waals surface area contributed by atoms with Gasteiger partial charge in [-0.1, -0.05) is 60.7 Å². The lowest BCUT2D eigenvalue weighted by atomic mass is 10.0. The van der Waals surface area contributed by atoms with Crippen LogP contribution in [-0.4, -0.2) is 16.7 Å². The highest BCUT2D eigenvalue weighted by atomic mass is 16.5. The molecular weight excluding hydrogens is 278 g/mol. The Labute approximate surface area is 129 Å². The van der Waals surface area contributed by atoms with Gasteiger partial charge in [0, 0.05) is 0 Å². The van der Waals surface area contributed by atoms with E-state index in [0.29, 0.717) is 0 Å². The monoisotopic (exact) mass is 297 g/mol. The first kappa shape index (κ1) is 14.6. The third-order valence-corrected chi connectivity index (χ3v) is 3.99. The highest BCUT2D eigenvalue weighted by molar-refractivity contribution is 5.69. The second-order valence-corrected chi connectivity index (χ2v) is 5.66. The molecule has 0 aromatic heterocycles. The van der Waals surface area contributed by atoms with Crippen LogP contribution in [0.4, 0.5) is 4.79 Å². The third kappa shape index (κ3) is 3.28. The van der Waals surface area contributed by atoms with Crippen molar-refractivity contribution in [2.45, 2.75) is 31.1 Å². The molecule has 4 nitrogen and oxygen atoms in total. The second kappa shape index (κ2) is 6.20. The number of nitrogens with one attached hydrogen (secondary N) is 1. The number of alkyl carbamates (subject to hydrolysis) is 1. The molecule has 1 aliphatic carbocycles. The van der Waals surface area contributed by atoms with Crippen molar-refractivity contribution in [3.8, 4) is 0 Å². The van der Waals surface area contributed by atoms with E-state index in [1.165, 1.54) is 0 Å². The van der Waals surface area contributed by atoms with E-state index < -0.39 is 17.7 Å². The fourth-order valence-corrected chi connectivity index (χ4v) is 2.52. The lowest BCUT2D eigenvalue weighted by molar-refractivity contribution is 0.0932. The summed E-state index contributed by atoms with van der Waals surface area (Å²) in [6.07, 6.45) is 0.307. The first-order valence-electron chi connectivity index (χ1n) is 7.41. The minimum atomic E-state index is -0.710. The molecule has 0 saturated heterocycles. The predicted molar refractivity (Wildman–Crippen MR) is 83.1 cm³/mol. The summed E-state index contributed by atoms with van der Waals surface area (Å²) in [6, 6.07) is 18.9. The van der Waals surface area contributed by atoms with E-state index in [1.54, 1.807) is 0 Å². The van der Waals surface area contributed by atoms with Gasteiger partial charge in [0.1, 0.15) is 12.7 Å². The topological polar surface area (TPSA) is 58.6 Å². The lowest BCUT2D eigenvalue weighted by Crippen LogP contribution is -2.41. The van der Waals surface area contributed by atoms with Crippen LogP contribution in [0.5, 0.6) is 0 Å². The zero-order valence-corrected chi connectivity index (χ0v) is 12.2. The van der Waals surface area contributed by atoms with Gasteiger partial charge in [0.2, 0.25) is 0 Å². The number of rotatable bonds is 5. The molecule has 22 heavy (non-hydrogen) atoms. The molecule has 2 aromatic rings. The molecule has 2 N–H and O–H groups in total. The van der Waals surface area contributed by atoms with Crippen LogP contribution in [0.3, 0.4) is 0 Å². The Morgan fingerprint density at radius 1 is 1.09 bits per heavy atom. The second-order valence-electron chi connectivity index (χ2n) is 5.66. The molecule has 0 radical (unpaired) electrons. The fourth-order valence-electron chi connectivity index (χ4n) is 2.52. The van der Waals surface area contributed by atoms with Gasteiger partial charge in [-0.3, -0.25) is 0 Å². The minimum absolute atomic E-state index is 0.226. The maximum absolute atomic E-state index is 12.0. The Kier molecular flexibility index (Phi) is 4.11. The van der Waals surface area contributed by atoms with Crippen LogP contribution in [0.15, 0.2) is 60.7 Å². The maximum atomic E-state index is 12.0. The minimum Gasteiger partial charge on any atom is -0.445 e. The number of carbonyl (C=O) groups is 1. The van der Waals surface area contributed by atoms with Crippen molar-refractivity contribution in [3.63, 3.8) is 0 Å². The van der Waals surface area contributed by atoms with Crippen LogP contribution < -0.4 is 5.32 Å². The van der Waals surface area contributed by atoms with Gasteiger partial charge in [-0.05, 0) is 24.0 Å². The molecule has 0 aliphatic heterocycles. The lowest BCUT2D eigenvalue weighted by Gasteiger charge is -2.23. The van der Waals surface area contributed by atoms with Gasteiger partial charge in [0.15, 0.2) is 0 Å². The quantitative estimate of drug-likeness (QED) is 0.891. The molecular formula is C18H19NO3. The zero-order chi connectivity index (χ0) is 15.4. The van der Waals surface area contributed by atoms with E-state index in [0.717, 1.165) is 24.0 Å². The van der Waals surface area contributed by atoms with Crippen molar-refractivity contribution in [3.05, 3.63) is 71.8 Å². The van der Waals surface area contributed by atoms with E-state index in [-0.39, 0.29) is 6.61 Å². The number of hydrogen-bond donors (Lipinski definition) is 2. The SMILES string of the molecule is O=C(NC1(C(O)c2ccccc2)CC1)OCc1ccccc1. The molecule has 0 heterocycles. The van der Waals surface area contributed by atoms with Gasteiger partial charge >= 0.3 is 6.09 Å². The molecule has 4 heteroatoms. The summed E-state index contributed by atoms with van der Waals surface area (Å²) in [5.74, 6) is 0. The Hall–Kier alpha value is -2.33. The van der Waals surface area contributed by atoms with Gasteiger partial charge < -0.3 is 15.2 Å². The maximum Gasteiger partial charge on any atom is 0.408 e. The largest absolute Gasteiger partial charge is 0.445 e. The number of amides is 1. The van der Waals surface area contributed by atoms with Crippen molar-refractivity contribution in [1.82, 2.24) is 5.32 Å². The summed E-state index contributed by atoms with van der Waals surface area (Å²) in [4.78, 5) is 12.0. The molecule has 1 saturated carbocycles. The van der Waals surface area contributed by atoms with Gasteiger partial charge in [0.05, 0.1) is 5.54 Å². The summed E-state index contributed by atoms with van der Waals surface area (Å²) >= 11 is 0. The normalized spacial score (nSPS) is 16.6. The van der Waals surface area contributed by atoms with Crippen LogP contribution in [0.25, 0.3) is 0 Å². The van der Waals surface area contributed by atoms with E-state index in [4.69, 9.17) is 4.74 Å². The zero-order valence-electron chi connectivity index (χ0n) is 12.2. The Morgan fingerprint density at radius 3 is 2.27 bits per heavy atom. The average Bonchev–Trinajstić information content (AvgIpc) is 3.35. The van der Waals surface area contributed by atoms with Crippen molar-refractivity contribution in [2.75, 3.05) is 0 Å². The smallest absolute Gasteiger partial charge is 0.408 e. The molecule has 114 valence electrons. The van der Waals surface area contributed by atoms with Crippen LogP contribution in [0.2, 0.25) is 0 Å². The van der Waals surface area contributed by atoms with Crippen LogP contribution in [0, 0.1) is 0 Å². The molecule has 0 spiro atoms. The summed E-state index contributed by atoms with van der Waals surface area (Å²) in [7, 11) is 0. The highest BCUT2D eigenvalue weighted by Gasteiger charge is 2.51. The molecule has 3 rings (SSSR count). The van der Waals surface area contributed by atoms with E-state index in [1.807, 2.05) is 60.7 Å². The summed E-state index contributed by atoms with van der Waals surface area (Å²) in [6.45, 7) is 0.226. The summed E-state index contributed by atoms with van der Waals surface area (Å²) in [5.41, 5.74) is 1.16. The van der Waals surface area contributed by atoms with Gasteiger partial charge in [-0.15, -0.1) is 0 Å². The number of hydrogen-bond acceptors (Lipinski definition) is 3. The number of carbonyl (C=O) groups excluding carboxylic acids is 1. The average molecular weight is 297 g/mol. The first-order valence-corrected chi connectivity index (χ1v) is 7.41. The number of ether oxygens (including phenoxy) is 1. The highest BCUT2D eigenvalue weighted by Crippen LogP contribution is 2.45. The van der Waals surface area contributed by atoms with Crippen LogP contribution >= 0.6 is 0 Å². The van der Waals surface area contributed by atoms with Crippen molar-refractivity contribution in [2.24, 2.45) is 0 Å². The van der Waals surface area contributed by atoms with E-state index in [9.17, 15) is 9.90 Å². The number of benzene rings is 2. The van der Waals surface area contributed by atoms with Gasteiger partial charge in [0.25, 0.3) is 0 Å². The van der Waals surface area contributed by atoms with Crippen molar-refractivity contribution < 1.29 is 14.6 Å². The van der Waals surface area contributed by atoms with Gasteiger partial charge in [-0.2, -0.15) is 0 Å². The van der Waals surface area contributed by atoms with Crippen LogP contribution in [-0.2, 0) is 11.3 Å². The van der Waals surface area contributed by atoms with Crippen molar-refractivity contribution >= 4 is 6.09 Å². The van der Waals surface area contributed by atoms with E-state index >= 15 is 0 Å². The Bertz CT molecular complexity index is 623. The van der Waals surface area contributed by atoms with Crippen LogP contribution in [0.1, 0.15) is 30.1 Å². The molecule has 1 atom stereocenters. The molecule has 0 bridgehead atoms. The van der Waals surface area contributed by atoms with Gasteiger partial charge in [-0.25, -0.2) is 4.79 Å². The number of aliphatic hydroxyl groups is 1. The molecule has 1 aliphatic rings. The molecule has 1 fully saturated rings. The number of aliphatic hydroxyl groups excluding tert-OH is 1. The Morgan fingerprint density at radius 2 is 1.68 bits per heavy atom. The predicted octanol–water partition coefficient (Wildman–Crippen LogP) is 3.18. The summed E-state index contributed by atoms with van der Waals surface area (Å²) in [5, 5.41) is 13.3. The standard InChI is InChI=1S/C18H19NO3/c20-16(15-9-5-2-6-10-15)18(11-12-18)19-17(21)22-13-14-7-3-1-4-8-14/h1-10,16,20H,11-13H2,(H,19,21). The third-order valence-electron chi connectivity index (χ3n) is 3.99. The Balaban J connectivity index is 1.57. The summed E-state index contributed by atoms with van der Waals surface area (Å²) < 4.78 is 5.23. The molecule has 1 amide bonds. The molecule has 2 aromatic carbocycles. The van der Waals surface area contributed by atoms with E-state index in [2.05, 4.69) is 5.32 Å². The first-order chi connectivity index (χ1) is 10.7. The molecule has 1 unspecified atom stereocenters.